The SMILES string of the molecule is OB1OCc2cccc(OCCCBr)c21. The van der Waals surface area contributed by atoms with Crippen molar-refractivity contribution in [3.8, 4) is 5.75 Å². The standard InChI is InChI=1S/C10H12BBrO3/c12-5-2-6-14-9-4-1-3-8-7-15-11(13)10(8)9/h1,3-4,13H,2,5-7H2. The van der Waals surface area contributed by atoms with Gasteiger partial charge in [-0.2, -0.15) is 0 Å². The number of alkyl halides is 1. The van der Waals surface area contributed by atoms with Gasteiger partial charge in [-0.3, -0.25) is 0 Å². The first kappa shape index (κ1) is 11.0. The van der Waals surface area contributed by atoms with Crippen LogP contribution in [0.3, 0.4) is 0 Å². The van der Waals surface area contributed by atoms with Gasteiger partial charge in [0.25, 0.3) is 0 Å². The Balaban J connectivity index is 2.14. The molecule has 1 aliphatic rings. The van der Waals surface area contributed by atoms with Gasteiger partial charge in [0.05, 0.1) is 13.2 Å². The predicted molar refractivity (Wildman–Crippen MR) is 62.7 cm³/mol. The summed E-state index contributed by atoms with van der Waals surface area (Å²) in [5, 5.41) is 10.5. The summed E-state index contributed by atoms with van der Waals surface area (Å²) in [4.78, 5) is 0. The molecule has 1 aromatic rings. The highest BCUT2D eigenvalue weighted by molar-refractivity contribution is 9.09. The molecule has 1 aromatic carbocycles. The maximum atomic E-state index is 9.61. The van der Waals surface area contributed by atoms with Gasteiger partial charge in [-0.1, -0.05) is 28.1 Å². The van der Waals surface area contributed by atoms with E-state index in [1.54, 1.807) is 0 Å². The summed E-state index contributed by atoms with van der Waals surface area (Å²) >= 11 is 3.34. The first-order valence-electron chi connectivity index (χ1n) is 4.93. The molecule has 0 amide bonds. The summed E-state index contributed by atoms with van der Waals surface area (Å²) in [6.45, 7) is 1.11. The first-order valence-corrected chi connectivity index (χ1v) is 6.05. The summed E-state index contributed by atoms with van der Waals surface area (Å²) in [5.74, 6) is 0.735. The molecule has 5 heteroatoms. The maximum Gasteiger partial charge on any atom is 0.495 e. The number of rotatable bonds is 4. The monoisotopic (exact) mass is 270 g/mol. The summed E-state index contributed by atoms with van der Waals surface area (Å²) in [6, 6.07) is 5.73. The van der Waals surface area contributed by atoms with Crippen LogP contribution in [-0.4, -0.2) is 24.1 Å². The smallest absolute Gasteiger partial charge is 0.494 e. The van der Waals surface area contributed by atoms with E-state index in [0.29, 0.717) is 13.2 Å². The average molecular weight is 271 g/mol. The van der Waals surface area contributed by atoms with Crippen molar-refractivity contribution in [3.63, 3.8) is 0 Å². The zero-order valence-corrected chi connectivity index (χ0v) is 9.87. The normalized spacial score (nSPS) is 14.1. The van der Waals surface area contributed by atoms with Gasteiger partial charge < -0.3 is 14.4 Å². The van der Waals surface area contributed by atoms with Crippen LogP contribution in [0.15, 0.2) is 18.2 Å². The van der Waals surface area contributed by atoms with E-state index in [9.17, 15) is 5.02 Å². The highest BCUT2D eigenvalue weighted by atomic mass is 79.9. The van der Waals surface area contributed by atoms with Crippen LogP contribution in [0.2, 0.25) is 0 Å². The van der Waals surface area contributed by atoms with E-state index in [4.69, 9.17) is 9.39 Å². The molecule has 0 fully saturated rings. The molecule has 0 aromatic heterocycles. The quantitative estimate of drug-likeness (QED) is 0.505. The molecule has 0 bridgehead atoms. The van der Waals surface area contributed by atoms with Crippen LogP contribution in [0.4, 0.5) is 0 Å². The van der Waals surface area contributed by atoms with Gasteiger partial charge in [-0.05, 0) is 18.1 Å². The summed E-state index contributed by atoms with van der Waals surface area (Å²) in [7, 11) is -0.833. The Labute approximate surface area is 97.7 Å². The molecule has 1 N–H and O–H groups in total. The molecule has 2 rings (SSSR count). The van der Waals surface area contributed by atoms with Crippen LogP contribution in [0, 0.1) is 0 Å². The molecular weight excluding hydrogens is 259 g/mol. The number of halogens is 1. The molecule has 0 atom stereocenters. The first-order chi connectivity index (χ1) is 7.33. The second kappa shape index (κ2) is 5.01. The third-order valence-electron chi connectivity index (χ3n) is 2.34. The average Bonchev–Trinajstić information content (AvgIpc) is 2.62. The lowest BCUT2D eigenvalue weighted by molar-refractivity contribution is 0.275. The number of benzene rings is 1. The van der Waals surface area contributed by atoms with E-state index in [2.05, 4.69) is 15.9 Å². The van der Waals surface area contributed by atoms with Crippen molar-refractivity contribution < 1.29 is 14.4 Å². The van der Waals surface area contributed by atoms with Crippen molar-refractivity contribution in [2.24, 2.45) is 0 Å². The molecule has 15 heavy (non-hydrogen) atoms. The number of hydrogen-bond acceptors (Lipinski definition) is 3. The summed E-state index contributed by atoms with van der Waals surface area (Å²) < 4.78 is 10.7. The van der Waals surface area contributed by atoms with Gasteiger partial charge >= 0.3 is 7.12 Å². The van der Waals surface area contributed by atoms with Crippen LogP contribution < -0.4 is 10.2 Å². The van der Waals surface area contributed by atoms with Crippen molar-refractivity contribution in [1.29, 1.82) is 0 Å². The second-order valence-corrected chi connectivity index (χ2v) is 4.18. The van der Waals surface area contributed by atoms with E-state index in [-0.39, 0.29) is 0 Å². The zero-order chi connectivity index (χ0) is 10.7. The topological polar surface area (TPSA) is 38.7 Å². The maximum absolute atomic E-state index is 9.61. The Morgan fingerprint density at radius 2 is 2.40 bits per heavy atom. The Kier molecular flexibility index (Phi) is 3.67. The van der Waals surface area contributed by atoms with Crippen molar-refractivity contribution in [3.05, 3.63) is 23.8 Å². The Morgan fingerprint density at radius 3 is 3.20 bits per heavy atom. The van der Waals surface area contributed by atoms with E-state index < -0.39 is 7.12 Å². The lowest BCUT2D eigenvalue weighted by atomic mass is 9.79. The highest BCUT2D eigenvalue weighted by Crippen LogP contribution is 2.18. The highest BCUT2D eigenvalue weighted by Gasteiger charge is 2.30. The molecule has 0 spiro atoms. The Morgan fingerprint density at radius 1 is 1.53 bits per heavy atom. The van der Waals surface area contributed by atoms with E-state index in [1.807, 2.05) is 18.2 Å². The molecule has 0 unspecified atom stereocenters. The van der Waals surface area contributed by atoms with Crippen molar-refractivity contribution in [2.45, 2.75) is 13.0 Å². The Hall–Kier alpha value is -0.515. The molecule has 80 valence electrons. The molecule has 0 radical (unpaired) electrons. The summed E-state index contributed by atoms with van der Waals surface area (Å²) in [5.41, 5.74) is 1.80. The van der Waals surface area contributed by atoms with E-state index in [0.717, 1.165) is 28.5 Å². The van der Waals surface area contributed by atoms with Crippen LogP contribution in [0.5, 0.6) is 5.75 Å². The minimum absolute atomic E-state index is 0.464. The van der Waals surface area contributed by atoms with Gasteiger partial charge in [-0.25, -0.2) is 0 Å². The third kappa shape index (κ3) is 2.35. The minimum Gasteiger partial charge on any atom is -0.494 e. The molecule has 1 aliphatic heterocycles. The number of ether oxygens (including phenoxy) is 1. The molecule has 0 saturated heterocycles. The zero-order valence-electron chi connectivity index (χ0n) is 8.28. The fourth-order valence-electron chi connectivity index (χ4n) is 1.61. The van der Waals surface area contributed by atoms with Crippen LogP contribution in [-0.2, 0) is 11.3 Å². The lowest BCUT2D eigenvalue weighted by Gasteiger charge is -2.09. The number of fused-ring (bicyclic) bond motifs is 1. The molecule has 1 heterocycles. The molecular formula is C10H12BBrO3. The second-order valence-electron chi connectivity index (χ2n) is 3.38. The van der Waals surface area contributed by atoms with Crippen molar-refractivity contribution in [1.82, 2.24) is 0 Å². The van der Waals surface area contributed by atoms with Crippen LogP contribution >= 0.6 is 15.9 Å². The van der Waals surface area contributed by atoms with E-state index in [1.165, 1.54) is 0 Å². The van der Waals surface area contributed by atoms with Gasteiger partial charge in [-0.15, -0.1) is 0 Å². The van der Waals surface area contributed by atoms with Gasteiger partial charge in [0.2, 0.25) is 0 Å². The third-order valence-corrected chi connectivity index (χ3v) is 2.90. The van der Waals surface area contributed by atoms with Crippen LogP contribution in [0.1, 0.15) is 12.0 Å². The fourth-order valence-corrected chi connectivity index (χ4v) is 1.84. The summed E-state index contributed by atoms with van der Waals surface area (Å²) in [6.07, 6.45) is 0.945. The number of hydrogen-bond donors (Lipinski definition) is 1. The van der Waals surface area contributed by atoms with Crippen LogP contribution in [0.25, 0.3) is 0 Å². The fraction of sp³-hybridized carbons (Fsp3) is 0.400. The Bertz CT molecular complexity index is 345. The van der Waals surface area contributed by atoms with Crippen molar-refractivity contribution >= 4 is 28.5 Å². The largest absolute Gasteiger partial charge is 0.495 e. The minimum atomic E-state index is -0.833. The predicted octanol–water partition coefficient (Wildman–Crippen LogP) is 1.07. The molecule has 0 aliphatic carbocycles. The lowest BCUT2D eigenvalue weighted by Crippen LogP contribution is -2.30. The van der Waals surface area contributed by atoms with E-state index >= 15 is 0 Å². The van der Waals surface area contributed by atoms with Gasteiger partial charge in [0, 0.05) is 10.8 Å². The molecule has 0 saturated carbocycles. The molecule has 3 nitrogen and oxygen atoms in total. The van der Waals surface area contributed by atoms with Gasteiger partial charge in [0.15, 0.2) is 0 Å². The van der Waals surface area contributed by atoms with Gasteiger partial charge in [0.1, 0.15) is 5.75 Å². The van der Waals surface area contributed by atoms with Crippen molar-refractivity contribution in [2.75, 3.05) is 11.9 Å².